The van der Waals surface area contributed by atoms with Crippen molar-refractivity contribution in [3.63, 3.8) is 0 Å². The average molecular weight is 396 g/mol. The number of carbonyl (C=O) groups excluding carboxylic acids is 1. The lowest BCUT2D eigenvalue weighted by atomic mass is 9.86. The van der Waals surface area contributed by atoms with Gasteiger partial charge in [0.15, 0.2) is 0 Å². The summed E-state index contributed by atoms with van der Waals surface area (Å²) in [5.74, 6) is 0.556. The lowest BCUT2D eigenvalue weighted by Crippen LogP contribution is -2.47. The van der Waals surface area contributed by atoms with Crippen LogP contribution in [0.1, 0.15) is 23.5 Å². The highest BCUT2D eigenvalue weighted by Gasteiger charge is 2.38. The van der Waals surface area contributed by atoms with Gasteiger partial charge in [-0.15, -0.1) is 0 Å². The second-order valence-corrected chi connectivity index (χ2v) is 8.07. The summed E-state index contributed by atoms with van der Waals surface area (Å²) in [4.78, 5) is 16.9. The van der Waals surface area contributed by atoms with E-state index in [0.717, 1.165) is 16.3 Å². The van der Waals surface area contributed by atoms with Crippen molar-refractivity contribution in [3.05, 3.63) is 75.3 Å². The van der Waals surface area contributed by atoms with Gasteiger partial charge in [0, 0.05) is 23.0 Å². The number of amides is 1. The molecule has 2 heterocycles. The molecule has 136 valence electrons. The highest BCUT2D eigenvalue weighted by atomic mass is 35.5. The number of carbonyl (C=O) groups is 1. The van der Waals surface area contributed by atoms with E-state index in [1.807, 2.05) is 24.3 Å². The molecular formula is C21H18ClN3OS. The molecule has 1 atom stereocenters. The SMILES string of the molecule is Cc1ccccc1N1CSC2=C(C#N)[C@H](c3ccc(Cl)cc3)CC(=O)N2C1. The lowest BCUT2D eigenvalue weighted by Gasteiger charge is -2.42. The summed E-state index contributed by atoms with van der Waals surface area (Å²) in [5, 5.41) is 11.3. The van der Waals surface area contributed by atoms with Crippen molar-refractivity contribution < 1.29 is 4.79 Å². The molecule has 2 aromatic carbocycles. The third-order valence-electron chi connectivity index (χ3n) is 5.02. The van der Waals surface area contributed by atoms with Crippen LogP contribution in [-0.4, -0.2) is 23.4 Å². The number of aryl methyl sites for hydroxylation is 1. The Labute approximate surface area is 168 Å². The summed E-state index contributed by atoms with van der Waals surface area (Å²) in [7, 11) is 0. The van der Waals surface area contributed by atoms with Gasteiger partial charge in [-0.05, 0) is 36.2 Å². The molecule has 4 rings (SSSR count). The fourth-order valence-electron chi connectivity index (χ4n) is 3.61. The summed E-state index contributed by atoms with van der Waals surface area (Å²) in [6.45, 7) is 2.55. The van der Waals surface area contributed by atoms with Gasteiger partial charge in [0.2, 0.25) is 5.91 Å². The molecule has 1 fully saturated rings. The number of fused-ring (bicyclic) bond motifs is 1. The summed E-state index contributed by atoms with van der Waals surface area (Å²) in [6.07, 6.45) is 0.302. The molecule has 2 aliphatic heterocycles. The van der Waals surface area contributed by atoms with Crippen LogP contribution in [0.2, 0.25) is 5.02 Å². The van der Waals surface area contributed by atoms with Crippen LogP contribution in [0.4, 0.5) is 5.69 Å². The molecule has 0 aliphatic carbocycles. The van der Waals surface area contributed by atoms with E-state index in [1.165, 1.54) is 5.56 Å². The first-order valence-electron chi connectivity index (χ1n) is 8.72. The van der Waals surface area contributed by atoms with Crippen molar-refractivity contribution in [2.75, 3.05) is 17.4 Å². The largest absolute Gasteiger partial charge is 0.343 e. The van der Waals surface area contributed by atoms with E-state index in [-0.39, 0.29) is 11.8 Å². The van der Waals surface area contributed by atoms with Crippen LogP contribution in [-0.2, 0) is 4.79 Å². The van der Waals surface area contributed by atoms with Gasteiger partial charge in [0.25, 0.3) is 0 Å². The van der Waals surface area contributed by atoms with Gasteiger partial charge in [-0.3, -0.25) is 9.69 Å². The van der Waals surface area contributed by atoms with Crippen LogP contribution in [0.5, 0.6) is 0 Å². The minimum atomic E-state index is -0.205. The van der Waals surface area contributed by atoms with E-state index >= 15 is 0 Å². The molecular weight excluding hydrogens is 378 g/mol. The standard InChI is InChI=1S/C21H18ClN3OS/c1-14-4-2-3-5-19(14)24-12-25-20(26)10-17(15-6-8-16(22)9-7-15)18(11-23)21(25)27-13-24/h2-9,17H,10,12-13H2,1H3/t17-/m0/s1. The molecule has 0 bridgehead atoms. The van der Waals surface area contributed by atoms with E-state index in [2.05, 4.69) is 30.0 Å². The van der Waals surface area contributed by atoms with Crippen LogP contribution >= 0.6 is 23.4 Å². The maximum absolute atomic E-state index is 12.9. The molecule has 1 saturated heterocycles. The molecule has 4 nitrogen and oxygen atoms in total. The van der Waals surface area contributed by atoms with Gasteiger partial charge in [-0.1, -0.05) is 53.7 Å². The van der Waals surface area contributed by atoms with E-state index < -0.39 is 0 Å². The fraction of sp³-hybridized carbons (Fsp3) is 0.238. The first-order chi connectivity index (χ1) is 13.1. The van der Waals surface area contributed by atoms with Gasteiger partial charge in [-0.25, -0.2) is 0 Å². The minimum absolute atomic E-state index is 0.0507. The molecule has 1 amide bonds. The zero-order valence-electron chi connectivity index (χ0n) is 14.9. The highest BCUT2D eigenvalue weighted by molar-refractivity contribution is 8.03. The topological polar surface area (TPSA) is 47.3 Å². The molecule has 0 unspecified atom stereocenters. The predicted molar refractivity (Wildman–Crippen MR) is 109 cm³/mol. The highest BCUT2D eigenvalue weighted by Crippen LogP contribution is 2.43. The molecule has 0 saturated carbocycles. The zero-order valence-corrected chi connectivity index (χ0v) is 16.4. The van der Waals surface area contributed by atoms with Crippen molar-refractivity contribution >= 4 is 35.0 Å². The quantitative estimate of drug-likeness (QED) is 0.727. The van der Waals surface area contributed by atoms with Crippen LogP contribution < -0.4 is 4.90 Å². The van der Waals surface area contributed by atoms with Crippen LogP contribution in [0.15, 0.2) is 59.1 Å². The molecule has 6 heteroatoms. The van der Waals surface area contributed by atoms with Gasteiger partial charge in [-0.2, -0.15) is 5.26 Å². The predicted octanol–water partition coefficient (Wildman–Crippen LogP) is 4.87. The molecule has 0 radical (unpaired) electrons. The first-order valence-corrected chi connectivity index (χ1v) is 10.1. The normalized spacial score (nSPS) is 19.7. The van der Waals surface area contributed by atoms with Crippen molar-refractivity contribution in [3.8, 4) is 6.07 Å². The third kappa shape index (κ3) is 3.31. The maximum atomic E-state index is 12.9. The number of allylic oxidation sites excluding steroid dienone is 1. The number of nitriles is 1. The van der Waals surface area contributed by atoms with Crippen molar-refractivity contribution in [2.45, 2.75) is 19.3 Å². The van der Waals surface area contributed by atoms with Crippen molar-refractivity contribution in [2.24, 2.45) is 0 Å². The number of anilines is 1. The number of rotatable bonds is 2. The van der Waals surface area contributed by atoms with E-state index in [0.29, 0.717) is 29.6 Å². The van der Waals surface area contributed by atoms with Gasteiger partial charge in [0.05, 0.1) is 29.2 Å². The number of thioether (sulfide) groups is 1. The van der Waals surface area contributed by atoms with Crippen molar-refractivity contribution in [1.82, 2.24) is 4.90 Å². The van der Waals surface area contributed by atoms with Crippen molar-refractivity contribution in [1.29, 1.82) is 5.26 Å². The Balaban J connectivity index is 1.68. The zero-order chi connectivity index (χ0) is 19.0. The molecule has 0 spiro atoms. The first kappa shape index (κ1) is 18.0. The summed E-state index contributed by atoms with van der Waals surface area (Å²) >= 11 is 7.54. The molecule has 2 aromatic rings. The smallest absolute Gasteiger partial charge is 0.229 e. The number of halogens is 1. The maximum Gasteiger partial charge on any atom is 0.229 e. The van der Waals surface area contributed by atoms with Crippen LogP contribution in [0, 0.1) is 18.3 Å². The van der Waals surface area contributed by atoms with E-state index in [9.17, 15) is 10.1 Å². The van der Waals surface area contributed by atoms with Crippen LogP contribution in [0.3, 0.4) is 0 Å². The minimum Gasteiger partial charge on any atom is -0.343 e. The molecule has 0 N–H and O–H groups in total. The second kappa shape index (κ2) is 7.30. The molecule has 0 aromatic heterocycles. The number of nitrogens with zero attached hydrogens (tertiary/aromatic N) is 3. The van der Waals surface area contributed by atoms with Crippen LogP contribution in [0.25, 0.3) is 0 Å². The molecule has 2 aliphatic rings. The lowest BCUT2D eigenvalue weighted by molar-refractivity contribution is -0.129. The Bertz CT molecular complexity index is 964. The Hall–Kier alpha value is -2.42. The van der Waals surface area contributed by atoms with E-state index in [4.69, 9.17) is 11.6 Å². The van der Waals surface area contributed by atoms with Gasteiger partial charge < -0.3 is 4.90 Å². The second-order valence-electron chi connectivity index (χ2n) is 6.70. The molecule has 27 heavy (non-hydrogen) atoms. The van der Waals surface area contributed by atoms with Gasteiger partial charge in [0.1, 0.15) is 0 Å². The Morgan fingerprint density at radius 2 is 1.93 bits per heavy atom. The number of benzene rings is 2. The third-order valence-corrected chi connectivity index (χ3v) is 6.43. The van der Waals surface area contributed by atoms with E-state index in [1.54, 1.807) is 28.8 Å². The monoisotopic (exact) mass is 395 g/mol. The van der Waals surface area contributed by atoms with Gasteiger partial charge >= 0.3 is 0 Å². The number of para-hydroxylation sites is 1. The Morgan fingerprint density at radius 3 is 2.63 bits per heavy atom. The fourth-order valence-corrected chi connectivity index (χ4v) is 4.90. The summed E-state index contributed by atoms with van der Waals surface area (Å²) in [5.41, 5.74) is 3.93. The Kier molecular flexibility index (Phi) is 4.86. The summed E-state index contributed by atoms with van der Waals surface area (Å²) < 4.78 is 0. The number of hydrogen-bond donors (Lipinski definition) is 0. The summed E-state index contributed by atoms with van der Waals surface area (Å²) in [6, 6.07) is 17.9. The Morgan fingerprint density at radius 1 is 1.19 bits per heavy atom. The average Bonchev–Trinajstić information content (AvgIpc) is 2.69. The number of hydrogen-bond acceptors (Lipinski definition) is 4.